The standard InChI is InChI=1S/C55H64ClN11O9S/c1-30-31(2)77-54-46(30)47(36-16-18-37(56)19-17-36)61-39(49-65-64-32(3)67(49)54)26-44(70)59-27-41-51(73)58-22-23-76-29-45(71)63-48(55(4,5)6)53(75)66-28-38(68)25-42(66)52(74)62-40(50(72)57-21-20-43(69)60-41)24-33-12-14-35(15-13-33)34-10-8-7-9-11-34/h7-19,38-42,48,68H,20-29H2,1-6H3,(H,57,72)(H,58,73)(H,59,70)(H,60,69)(H,62,74)(H,63,71)/t38-,39+,40-,41-,42+,48-/m1/s1. The number of carbonyl (C=O) groups is 7. The SMILES string of the molecule is Cc1sc2c(c1C)C(c1ccc(Cl)cc1)=N[C@@H](CC(=O)NC[C@H]1NC(=O)CCNC(=O)[C@@H](Cc3ccc(-c4ccccc4)cc3)NC(=O)[C@@H]3C[C@@H](O)CN3C(=O)[C@H](C(C)(C)C)NC(=O)COCCNC1=O)c1nnc(C)n1-2. The van der Waals surface area contributed by atoms with Gasteiger partial charge in [0.2, 0.25) is 41.4 Å². The molecule has 0 unspecified atom stereocenters. The maximum atomic E-state index is 14.3. The molecule has 77 heavy (non-hydrogen) atoms. The molecule has 0 spiro atoms. The summed E-state index contributed by atoms with van der Waals surface area (Å²) in [5.41, 5.74) is 5.09. The van der Waals surface area contributed by atoms with E-state index < -0.39 is 89.7 Å². The molecule has 8 rings (SSSR count). The van der Waals surface area contributed by atoms with Gasteiger partial charge in [-0.2, -0.15) is 0 Å². The third-order valence-electron chi connectivity index (χ3n) is 13.7. The van der Waals surface area contributed by atoms with Gasteiger partial charge < -0.3 is 46.6 Å². The van der Waals surface area contributed by atoms with E-state index in [9.17, 15) is 38.7 Å². The first kappa shape index (κ1) is 55.9. The number of fused-ring (bicyclic) bond motifs is 4. The van der Waals surface area contributed by atoms with Crippen LogP contribution in [0.2, 0.25) is 5.02 Å². The molecule has 22 heteroatoms. The Kier molecular flexibility index (Phi) is 17.7. The van der Waals surface area contributed by atoms with Gasteiger partial charge in [-0.3, -0.25) is 43.1 Å². The van der Waals surface area contributed by atoms with Gasteiger partial charge in [0.05, 0.1) is 24.8 Å². The molecule has 0 bridgehead atoms. The summed E-state index contributed by atoms with van der Waals surface area (Å²) in [6.07, 6.45) is -1.67. The summed E-state index contributed by atoms with van der Waals surface area (Å²) in [6, 6.07) is 18.8. The average Bonchev–Trinajstić information content (AvgIpc) is 4.18. The third kappa shape index (κ3) is 13.4. The number of amides is 7. The van der Waals surface area contributed by atoms with Crippen LogP contribution in [0, 0.1) is 26.2 Å². The third-order valence-corrected chi connectivity index (χ3v) is 15.2. The predicted molar refractivity (Wildman–Crippen MR) is 289 cm³/mol. The summed E-state index contributed by atoms with van der Waals surface area (Å²) in [5.74, 6) is -3.36. The van der Waals surface area contributed by atoms with Crippen molar-refractivity contribution in [1.29, 1.82) is 0 Å². The quantitative estimate of drug-likeness (QED) is 0.119. The molecular formula is C55H64ClN11O9S. The second-order valence-electron chi connectivity index (χ2n) is 20.5. The van der Waals surface area contributed by atoms with Crippen LogP contribution in [-0.2, 0) is 44.7 Å². The molecule has 5 aromatic rings. The minimum Gasteiger partial charge on any atom is -0.391 e. The number of hydrogen-bond donors (Lipinski definition) is 7. The molecule has 6 atom stereocenters. The fourth-order valence-corrected chi connectivity index (χ4v) is 10.9. The molecule has 2 fully saturated rings. The van der Waals surface area contributed by atoms with Gasteiger partial charge in [0.25, 0.3) is 0 Å². The summed E-state index contributed by atoms with van der Waals surface area (Å²) in [6.45, 7) is 9.62. The number of ether oxygens (including phenoxy) is 1. The minimum atomic E-state index is -1.32. The first-order chi connectivity index (χ1) is 36.7. The van der Waals surface area contributed by atoms with Crippen LogP contribution < -0.4 is 31.9 Å². The van der Waals surface area contributed by atoms with E-state index >= 15 is 0 Å². The molecule has 7 N–H and O–H groups in total. The second-order valence-corrected chi connectivity index (χ2v) is 22.1. The number of carbonyl (C=O) groups excluding carboxylic acids is 7. The zero-order chi connectivity index (χ0) is 55.1. The van der Waals surface area contributed by atoms with Crippen molar-refractivity contribution in [3.63, 3.8) is 0 Å². The maximum Gasteiger partial charge on any atom is 0.246 e. The van der Waals surface area contributed by atoms with E-state index in [-0.39, 0.29) is 58.5 Å². The summed E-state index contributed by atoms with van der Waals surface area (Å²) >= 11 is 7.85. The Morgan fingerprint density at radius 1 is 0.818 bits per heavy atom. The number of aryl methyl sites for hydroxylation is 2. The first-order valence-corrected chi connectivity index (χ1v) is 26.7. The highest BCUT2D eigenvalue weighted by Crippen LogP contribution is 2.40. The molecule has 3 aliphatic heterocycles. The van der Waals surface area contributed by atoms with Gasteiger partial charge in [0.15, 0.2) is 5.82 Å². The van der Waals surface area contributed by atoms with Crippen molar-refractivity contribution < 1.29 is 43.4 Å². The number of aliphatic hydroxyl groups excluding tert-OH is 1. The van der Waals surface area contributed by atoms with Gasteiger partial charge in [0, 0.05) is 66.5 Å². The molecule has 3 aromatic carbocycles. The molecule has 7 amide bonds. The Morgan fingerprint density at radius 2 is 1.49 bits per heavy atom. The molecule has 0 aliphatic carbocycles. The van der Waals surface area contributed by atoms with E-state index in [0.29, 0.717) is 27.9 Å². The van der Waals surface area contributed by atoms with E-state index in [0.717, 1.165) is 37.7 Å². The highest BCUT2D eigenvalue weighted by Gasteiger charge is 2.45. The van der Waals surface area contributed by atoms with Crippen LogP contribution in [0.3, 0.4) is 0 Å². The van der Waals surface area contributed by atoms with Crippen molar-refractivity contribution in [3.05, 3.63) is 123 Å². The molecule has 0 saturated carbocycles. The van der Waals surface area contributed by atoms with Crippen LogP contribution in [0.1, 0.15) is 84.9 Å². The van der Waals surface area contributed by atoms with Gasteiger partial charge in [-0.1, -0.05) is 99.1 Å². The minimum absolute atomic E-state index is 0.0193. The number of aliphatic imine (C=N–C) groups is 1. The van der Waals surface area contributed by atoms with Gasteiger partial charge in [-0.15, -0.1) is 21.5 Å². The fraction of sp³-hybridized carbons (Fsp3) is 0.418. The second kappa shape index (κ2) is 24.3. The average molecular weight is 1090 g/mol. The lowest BCUT2D eigenvalue weighted by Crippen LogP contribution is -2.59. The highest BCUT2D eigenvalue weighted by molar-refractivity contribution is 7.15. The number of rotatable bonds is 8. The zero-order valence-corrected chi connectivity index (χ0v) is 45.3. The molecule has 406 valence electrons. The lowest BCUT2D eigenvalue weighted by molar-refractivity contribution is -0.145. The number of aromatic nitrogens is 3. The largest absolute Gasteiger partial charge is 0.391 e. The van der Waals surface area contributed by atoms with Crippen molar-refractivity contribution in [2.24, 2.45) is 10.4 Å². The topological polar surface area (TPSA) is 267 Å². The summed E-state index contributed by atoms with van der Waals surface area (Å²) in [4.78, 5) is 105. The molecule has 3 aliphatic rings. The van der Waals surface area contributed by atoms with Crippen LogP contribution in [0.4, 0.5) is 0 Å². The Hall–Kier alpha value is -7.33. The highest BCUT2D eigenvalue weighted by atomic mass is 35.5. The Bertz CT molecular complexity index is 3050. The number of nitrogens with one attached hydrogen (secondary N) is 6. The summed E-state index contributed by atoms with van der Waals surface area (Å²) < 4.78 is 7.51. The van der Waals surface area contributed by atoms with E-state index in [2.05, 4.69) is 42.1 Å². The molecular weight excluding hydrogens is 1030 g/mol. The molecule has 2 saturated heterocycles. The van der Waals surface area contributed by atoms with E-state index in [4.69, 9.17) is 21.3 Å². The Balaban J connectivity index is 1.01. The number of thiophene rings is 1. The molecule has 20 nitrogen and oxygen atoms in total. The van der Waals surface area contributed by atoms with Crippen LogP contribution >= 0.6 is 22.9 Å². The maximum absolute atomic E-state index is 14.3. The van der Waals surface area contributed by atoms with E-state index in [1.54, 1.807) is 44.2 Å². The lowest BCUT2D eigenvalue weighted by atomic mass is 9.85. The monoisotopic (exact) mass is 1090 g/mol. The number of hydrogen-bond acceptors (Lipinski definition) is 13. The number of halogens is 1. The van der Waals surface area contributed by atoms with Crippen LogP contribution in [-0.4, -0.2) is 141 Å². The van der Waals surface area contributed by atoms with Crippen molar-refractivity contribution in [2.45, 2.75) is 104 Å². The van der Waals surface area contributed by atoms with Crippen molar-refractivity contribution in [2.75, 3.05) is 39.4 Å². The van der Waals surface area contributed by atoms with Crippen molar-refractivity contribution in [1.82, 2.24) is 51.6 Å². The van der Waals surface area contributed by atoms with Crippen LogP contribution in [0.15, 0.2) is 83.9 Å². The smallest absolute Gasteiger partial charge is 0.246 e. The molecule has 2 aromatic heterocycles. The van der Waals surface area contributed by atoms with E-state index in [1.807, 2.05) is 92.1 Å². The van der Waals surface area contributed by atoms with Gasteiger partial charge >= 0.3 is 0 Å². The van der Waals surface area contributed by atoms with Crippen LogP contribution in [0.5, 0.6) is 0 Å². The van der Waals surface area contributed by atoms with Gasteiger partial charge in [-0.05, 0) is 60.6 Å². The summed E-state index contributed by atoms with van der Waals surface area (Å²) in [5, 5.41) is 37.5. The molecule has 5 heterocycles. The van der Waals surface area contributed by atoms with Crippen molar-refractivity contribution in [3.8, 4) is 16.1 Å². The normalized spacial score (nSPS) is 22.3. The zero-order valence-electron chi connectivity index (χ0n) is 43.8. The van der Waals surface area contributed by atoms with Gasteiger partial charge in [0.1, 0.15) is 47.6 Å². The van der Waals surface area contributed by atoms with Crippen LogP contribution in [0.25, 0.3) is 16.1 Å². The summed E-state index contributed by atoms with van der Waals surface area (Å²) in [7, 11) is 0. The Morgan fingerprint density at radius 3 is 2.21 bits per heavy atom. The Labute approximate surface area is 455 Å². The number of nitrogens with zero attached hydrogens (tertiary/aromatic N) is 5. The first-order valence-electron chi connectivity index (χ1n) is 25.5. The number of aliphatic hydroxyl groups is 1. The number of benzene rings is 3. The van der Waals surface area contributed by atoms with E-state index in [1.165, 1.54) is 4.90 Å². The molecule has 0 radical (unpaired) electrons. The van der Waals surface area contributed by atoms with Crippen molar-refractivity contribution >= 4 is 70.0 Å². The fourth-order valence-electron chi connectivity index (χ4n) is 9.53. The van der Waals surface area contributed by atoms with Gasteiger partial charge in [-0.25, -0.2) is 0 Å². The predicted octanol–water partition coefficient (Wildman–Crippen LogP) is 3.33. The lowest BCUT2D eigenvalue weighted by Gasteiger charge is -2.35.